The first-order valence-electron chi connectivity index (χ1n) is 4.72. The highest BCUT2D eigenvalue weighted by Gasteiger charge is 1.99. The number of carbonyl (C=O) groups is 1. The average Bonchev–Trinajstić information content (AvgIpc) is 2.17. The summed E-state index contributed by atoms with van der Waals surface area (Å²) in [6.45, 7) is 6.50. The quantitative estimate of drug-likeness (QED) is 0.579. The molecule has 0 aliphatic rings. The van der Waals surface area contributed by atoms with Crippen molar-refractivity contribution in [3.05, 3.63) is 35.9 Å². The zero-order chi connectivity index (χ0) is 11.0. The van der Waals surface area contributed by atoms with Crippen LogP contribution in [-0.4, -0.2) is 11.1 Å². The van der Waals surface area contributed by atoms with Crippen molar-refractivity contribution >= 4 is 21.7 Å². The summed E-state index contributed by atoms with van der Waals surface area (Å²) in [5.74, 6) is 0.959. The molecule has 0 aromatic heterocycles. The van der Waals surface area contributed by atoms with Crippen LogP contribution in [0.25, 0.3) is 0 Å². The molecule has 0 N–H and O–H groups in total. The molecule has 1 rings (SSSR count). The van der Waals surface area contributed by atoms with Crippen molar-refractivity contribution in [1.29, 1.82) is 0 Å². The second-order valence-electron chi connectivity index (χ2n) is 3.65. The number of hydrogen-bond donors (Lipinski definition) is 0. The summed E-state index contributed by atoms with van der Waals surface area (Å²) < 4.78 is 0. The molecule has 0 saturated carbocycles. The number of Topliss-reactive ketones (excluding diaryl/α,β-unsaturated/α-hetero) is 1. The number of ketones is 1. The number of carbonyl (C=O) groups excluding carboxylic acids is 1. The SMILES string of the molecule is CC(C)C.O=C(CBr)c1ccccc1. The van der Waals surface area contributed by atoms with Crippen LogP contribution in [0.3, 0.4) is 0 Å². The van der Waals surface area contributed by atoms with Gasteiger partial charge in [0.1, 0.15) is 0 Å². The van der Waals surface area contributed by atoms with Gasteiger partial charge in [-0.15, -0.1) is 0 Å². The molecular formula is C12H17BrO. The van der Waals surface area contributed by atoms with E-state index in [0.29, 0.717) is 5.33 Å². The van der Waals surface area contributed by atoms with Gasteiger partial charge in [-0.05, 0) is 5.92 Å². The summed E-state index contributed by atoms with van der Waals surface area (Å²) in [7, 11) is 0. The van der Waals surface area contributed by atoms with E-state index in [0.717, 1.165) is 11.5 Å². The molecule has 0 saturated heterocycles. The van der Waals surface area contributed by atoms with E-state index in [-0.39, 0.29) is 5.78 Å². The van der Waals surface area contributed by atoms with E-state index < -0.39 is 0 Å². The van der Waals surface area contributed by atoms with Crippen LogP contribution in [0.1, 0.15) is 31.1 Å². The molecule has 2 heteroatoms. The fourth-order valence-electron chi connectivity index (χ4n) is 0.701. The van der Waals surface area contributed by atoms with E-state index in [1.807, 2.05) is 30.3 Å². The minimum absolute atomic E-state index is 0.126. The van der Waals surface area contributed by atoms with Crippen LogP contribution in [0.2, 0.25) is 0 Å². The molecule has 0 spiro atoms. The third-order valence-electron chi connectivity index (χ3n) is 1.22. The molecule has 0 aliphatic heterocycles. The minimum atomic E-state index is 0.126. The largest absolute Gasteiger partial charge is 0.293 e. The van der Waals surface area contributed by atoms with Crippen LogP contribution in [0.15, 0.2) is 30.3 Å². The molecule has 0 amide bonds. The molecule has 0 aliphatic carbocycles. The molecule has 0 atom stereocenters. The van der Waals surface area contributed by atoms with E-state index in [4.69, 9.17) is 0 Å². The Morgan fingerprint density at radius 1 is 1.21 bits per heavy atom. The Bertz CT molecular complexity index is 252. The molecule has 0 bridgehead atoms. The lowest BCUT2D eigenvalue weighted by Crippen LogP contribution is -1.98. The van der Waals surface area contributed by atoms with Crippen LogP contribution < -0.4 is 0 Å². The number of alkyl halides is 1. The van der Waals surface area contributed by atoms with Crippen LogP contribution in [0.4, 0.5) is 0 Å². The number of rotatable bonds is 2. The van der Waals surface area contributed by atoms with Crippen LogP contribution in [0.5, 0.6) is 0 Å². The Morgan fingerprint density at radius 3 is 2.00 bits per heavy atom. The maximum atomic E-state index is 11.0. The first-order chi connectivity index (χ1) is 6.57. The number of benzene rings is 1. The van der Waals surface area contributed by atoms with Crippen LogP contribution >= 0.6 is 15.9 Å². The van der Waals surface area contributed by atoms with Crippen molar-refractivity contribution in [2.75, 3.05) is 5.33 Å². The van der Waals surface area contributed by atoms with Crippen LogP contribution in [0, 0.1) is 5.92 Å². The molecule has 14 heavy (non-hydrogen) atoms. The van der Waals surface area contributed by atoms with Crippen molar-refractivity contribution < 1.29 is 4.79 Å². The van der Waals surface area contributed by atoms with Gasteiger partial charge >= 0.3 is 0 Å². The highest BCUT2D eigenvalue weighted by Crippen LogP contribution is 2.01. The molecule has 1 aromatic carbocycles. The molecule has 0 unspecified atom stereocenters. The van der Waals surface area contributed by atoms with Gasteiger partial charge in [0.25, 0.3) is 0 Å². The van der Waals surface area contributed by atoms with Crippen molar-refractivity contribution in [1.82, 2.24) is 0 Å². The molecule has 1 nitrogen and oxygen atoms in total. The number of hydrogen-bond acceptors (Lipinski definition) is 1. The lowest BCUT2D eigenvalue weighted by Gasteiger charge is -1.92. The van der Waals surface area contributed by atoms with E-state index in [1.165, 1.54) is 0 Å². The number of halogens is 1. The minimum Gasteiger partial charge on any atom is -0.293 e. The molecular weight excluding hydrogens is 240 g/mol. The summed E-state index contributed by atoms with van der Waals surface area (Å²) >= 11 is 3.10. The standard InChI is InChI=1S/C8H7BrO.C4H10/c9-6-8(10)7-4-2-1-3-5-7;1-4(2)3/h1-5H,6H2;4H,1-3H3. The fourth-order valence-corrected chi connectivity index (χ4v) is 1.02. The van der Waals surface area contributed by atoms with Gasteiger partial charge in [-0.2, -0.15) is 0 Å². The summed E-state index contributed by atoms with van der Waals surface area (Å²) in [4.78, 5) is 11.0. The monoisotopic (exact) mass is 256 g/mol. The van der Waals surface area contributed by atoms with Gasteiger partial charge in [0.15, 0.2) is 5.78 Å². The molecule has 0 radical (unpaired) electrons. The van der Waals surface area contributed by atoms with E-state index >= 15 is 0 Å². The molecule has 1 aromatic rings. The van der Waals surface area contributed by atoms with Gasteiger partial charge in [0.05, 0.1) is 5.33 Å². The van der Waals surface area contributed by atoms with Gasteiger partial charge in [-0.1, -0.05) is 67.0 Å². The predicted molar refractivity (Wildman–Crippen MR) is 65.1 cm³/mol. The molecule has 0 fully saturated rings. The van der Waals surface area contributed by atoms with Crippen molar-refractivity contribution in [2.24, 2.45) is 5.92 Å². The zero-order valence-corrected chi connectivity index (χ0v) is 10.5. The summed E-state index contributed by atoms with van der Waals surface area (Å²) in [6.07, 6.45) is 0. The van der Waals surface area contributed by atoms with Crippen LogP contribution in [-0.2, 0) is 0 Å². The highest BCUT2D eigenvalue weighted by molar-refractivity contribution is 9.09. The summed E-state index contributed by atoms with van der Waals surface area (Å²) in [5, 5.41) is 0.400. The fraction of sp³-hybridized carbons (Fsp3) is 0.417. The Balaban J connectivity index is 0.000000364. The topological polar surface area (TPSA) is 17.1 Å². The van der Waals surface area contributed by atoms with Gasteiger partial charge in [-0.25, -0.2) is 0 Å². The first kappa shape index (κ1) is 13.4. The third-order valence-corrected chi connectivity index (χ3v) is 1.73. The molecule has 78 valence electrons. The van der Waals surface area contributed by atoms with Gasteiger partial charge in [-0.3, -0.25) is 4.79 Å². The summed E-state index contributed by atoms with van der Waals surface area (Å²) in [5.41, 5.74) is 0.763. The highest BCUT2D eigenvalue weighted by atomic mass is 79.9. The molecule has 0 heterocycles. The Morgan fingerprint density at radius 2 is 1.64 bits per heavy atom. The maximum absolute atomic E-state index is 11.0. The Hall–Kier alpha value is -0.630. The van der Waals surface area contributed by atoms with Gasteiger partial charge in [0.2, 0.25) is 0 Å². The van der Waals surface area contributed by atoms with Crippen molar-refractivity contribution in [3.8, 4) is 0 Å². The van der Waals surface area contributed by atoms with Crippen molar-refractivity contribution in [3.63, 3.8) is 0 Å². The van der Waals surface area contributed by atoms with Gasteiger partial charge < -0.3 is 0 Å². The zero-order valence-electron chi connectivity index (χ0n) is 8.96. The van der Waals surface area contributed by atoms with Crippen molar-refractivity contribution in [2.45, 2.75) is 20.8 Å². The smallest absolute Gasteiger partial charge is 0.173 e. The lowest BCUT2D eigenvalue weighted by atomic mass is 10.2. The van der Waals surface area contributed by atoms with E-state index in [2.05, 4.69) is 36.7 Å². The lowest BCUT2D eigenvalue weighted by molar-refractivity contribution is 0.102. The third kappa shape index (κ3) is 6.84. The predicted octanol–water partition coefficient (Wildman–Crippen LogP) is 3.93. The first-order valence-corrected chi connectivity index (χ1v) is 5.84. The maximum Gasteiger partial charge on any atom is 0.173 e. The normalized spacial score (nSPS) is 9.21. The Labute approximate surface area is 94.7 Å². The second kappa shape index (κ2) is 7.74. The van der Waals surface area contributed by atoms with E-state index in [1.54, 1.807) is 0 Å². The Kier molecular flexibility index (Phi) is 7.40. The average molecular weight is 257 g/mol. The van der Waals surface area contributed by atoms with E-state index in [9.17, 15) is 4.79 Å². The van der Waals surface area contributed by atoms with Gasteiger partial charge in [0, 0.05) is 5.56 Å². The summed E-state index contributed by atoms with van der Waals surface area (Å²) in [6, 6.07) is 9.23. The second-order valence-corrected chi connectivity index (χ2v) is 4.22.